The summed E-state index contributed by atoms with van der Waals surface area (Å²) in [5.74, 6) is 2.22. The van der Waals surface area contributed by atoms with Crippen molar-refractivity contribution in [3.05, 3.63) is 0 Å². The van der Waals surface area contributed by atoms with Crippen LogP contribution in [0.3, 0.4) is 0 Å². The lowest BCUT2D eigenvalue weighted by atomic mass is 10.3. The largest absolute Gasteiger partial charge is 0.381 e. The molecule has 58 valence electrons. The summed E-state index contributed by atoms with van der Waals surface area (Å²) in [7, 11) is 0. The number of terminal acetylenes is 1. The molecule has 0 saturated carbocycles. The van der Waals surface area contributed by atoms with E-state index in [4.69, 9.17) is 16.3 Å². The van der Waals surface area contributed by atoms with Crippen molar-refractivity contribution in [1.29, 1.82) is 0 Å². The summed E-state index contributed by atoms with van der Waals surface area (Å²) in [6, 6.07) is 0. The third-order valence-electron chi connectivity index (χ3n) is 1.08. The van der Waals surface area contributed by atoms with Gasteiger partial charge in [0.1, 0.15) is 6.10 Å². The smallest absolute Gasteiger partial charge is 0.116 e. The van der Waals surface area contributed by atoms with Gasteiger partial charge in [-0.15, -0.1) is 6.42 Å². The molecule has 0 aromatic carbocycles. The Labute approximate surface area is 62.2 Å². The Bertz CT molecular complexity index is 104. The lowest BCUT2D eigenvalue weighted by molar-refractivity contribution is 0.102. The molecule has 0 radical (unpaired) electrons. The fraction of sp³-hybridized carbons (Fsp3) is 0.750. The molecule has 10 heavy (non-hydrogen) atoms. The van der Waals surface area contributed by atoms with Crippen LogP contribution in [0.4, 0.5) is 0 Å². The molecular formula is C8H14O2. The van der Waals surface area contributed by atoms with Crippen molar-refractivity contribution in [2.45, 2.75) is 25.9 Å². The average molecular weight is 142 g/mol. The van der Waals surface area contributed by atoms with Gasteiger partial charge < -0.3 is 9.84 Å². The molecule has 0 amide bonds. The molecule has 0 aromatic rings. The van der Waals surface area contributed by atoms with Gasteiger partial charge in [0.25, 0.3) is 0 Å². The first-order chi connectivity index (χ1) is 4.81. The van der Waals surface area contributed by atoms with Gasteiger partial charge in [-0.1, -0.05) is 12.8 Å². The SMILES string of the molecule is C#CC(O)CCOCCC. The van der Waals surface area contributed by atoms with Crippen molar-refractivity contribution in [2.75, 3.05) is 13.2 Å². The van der Waals surface area contributed by atoms with Gasteiger partial charge in [-0.2, -0.15) is 0 Å². The number of aliphatic hydroxyl groups is 1. The minimum absolute atomic E-state index is 0.538. The molecule has 0 aromatic heterocycles. The van der Waals surface area contributed by atoms with Crippen LogP contribution in [0.5, 0.6) is 0 Å². The number of ether oxygens (including phenoxy) is 1. The van der Waals surface area contributed by atoms with Gasteiger partial charge in [-0.25, -0.2) is 0 Å². The molecule has 1 atom stereocenters. The van der Waals surface area contributed by atoms with Gasteiger partial charge in [0, 0.05) is 19.6 Å². The van der Waals surface area contributed by atoms with E-state index >= 15 is 0 Å². The van der Waals surface area contributed by atoms with E-state index in [1.54, 1.807) is 0 Å². The van der Waals surface area contributed by atoms with E-state index in [1.807, 2.05) is 6.92 Å². The van der Waals surface area contributed by atoms with Gasteiger partial charge in [0.05, 0.1) is 0 Å². The molecule has 0 spiro atoms. The predicted octanol–water partition coefficient (Wildman–Crippen LogP) is 0.797. The number of hydrogen-bond acceptors (Lipinski definition) is 2. The summed E-state index contributed by atoms with van der Waals surface area (Å²) in [5.41, 5.74) is 0. The van der Waals surface area contributed by atoms with E-state index < -0.39 is 6.10 Å². The molecule has 0 fully saturated rings. The van der Waals surface area contributed by atoms with E-state index in [-0.39, 0.29) is 0 Å². The first kappa shape index (κ1) is 9.48. The second-order valence-electron chi connectivity index (χ2n) is 2.08. The van der Waals surface area contributed by atoms with Crippen molar-refractivity contribution in [3.63, 3.8) is 0 Å². The summed E-state index contributed by atoms with van der Waals surface area (Å²) < 4.78 is 5.10. The van der Waals surface area contributed by atoms with Gasteiger partial charge >= 0.3 is 0 Å². The first-order valence-electron chi connectivity index (χ1n) is 3.53. The highest BCUT2D eigenvalue weighted by atomic mass is 16.5. The molecule has 0 aliphatic rings. The van der Waals surface area contributed by atoms with E-state index in [0.29, 0.717) is 13.0 Å². The Morgan fingerprint density at radius 1 is 1.60 bits per heavy atom. The summed E-state index contributed by atoms with van der Waals surface area (Å²) in [6.07, 6.45) is 5.83. The Morgan fingerprint density at radius 3 is 2.80 bits per heavy atom. The van der Waals surface area contributed by atoms with Crippen LogP contribution < -0.4 is 0 Å². The minimum atomic E-state index is -0.642. The fourth-order valence-electron chi connectivity index (χ4n) is 0.525. The molecule has 1 unspecified atom stereocenters. The van der Waals surface area contributed by atoms with E-state index in [1.165, 1.54) is 0 Å². The highest BCUT2D eigenvalue weighted by molar-refractivity contribution is 4.92. The fourth-order valence-corrected chi connectivity index (χ4v) is 0.525. The van der Waals surface area contributed by atoms with Crippen LogP contribution in [0.25, 0.3) is 0 Å². The van der Waals surface area contributed by atoms with Gasteiger partial charge in [0.2, 0.25) is 0 Å². The Hall–Kier alpha value is -0.520. The van der Waals surface area contributed by atoms with Crippen molar-refractivity contribution >= 4 is 0 Å². The van der Waals surface area contributed by atoms with Gasteiger partial charge in [-0.3, -0.25) is 0 Å². The van der Waals surface area contributed by atoms with Crippen LogP contribution >= 0.6 is 0 Å². The van der Waals surface area contributed by atoms with Crippen molar-refractivity contribution < 1.29 is 9.84 Å². The maximum Gasteiger partial charge on any atom is 0.116 e. The normalized spacial score (nSPS) is 12.5. The topological polar surface area (TPSA) is 29.5 Å². The van der Waals surface area contributed by atoms with Crippen LogP contribution in [-0.2, 0) is 4.74 Å². The molecule has 0 bridgehead atoms. The standard InChI is InChI=1S/C8H14O2/c1-3-6-10-7-5-8(9)4-2/h2,8-9H,3,5-7H2,1H3. The van der Waals surface area contributed by atoms with Crippen LogP contribution in [0.15, 0.2) is 0 Å². The maximum absolute atomic E-state index is 8.84. The van der Waals surface area contributed by atoms with Crippen molar-refractivity contribution in [2.24, 2.45) is 0 Å². The van der Waals surface area contributed by atoms with Gasteiger partial charge in [0.15, 0.2) is 0 Å². The third-order valence-corrected chi connectivity index (χ3v) is 1.08. The van der Waals surface area contributed by atoms with Gasteiger partial charge in [-0.05, 0) is 6.42 Å². The van der Waals surface area contributed by atoms with Crippen LogP contribution in [0.1, 0.15) is 19.8 Å². The molecule has 0 heterocycles. The Kier molecular flexibility index (Phi) is 6.25. The molecule has 0 aliphatic heterocycles. The Balaban J connectivity index is 2.98. The van der Waals surface area contributed by atoms with Crippen LogP contribution in [-0.4, -0.2) is 24.4 Å². The zero-order chi connectivity index (χ0) is 7.82. The third kappa shape index (κ3) is 5.61. The van der Waals surface area contributed by atoms with E-state index in [9.17, 15) is 0 Å². The second-order valence-corrected chi connectivity index (χ2v) is 2.08. The van der Waals surface area contributed by atoms with Crippen LogP contribution in [0.2, 0.25) is 0 Å². The zero-order valence-electron chi connectivity index (χ0n) is 6.34. The quantitative estimate of drug-likeness (QED) is 0.454. The molecule has 2 nitrogen and oxygen atoms in total. The van der Waals surface area contributed by atoms with E-state index in [2.05, 4.69) is 5.92 Å². The average Bonchev–Trinajstić information content (AvgIpc) is 1.98. The maximum atomic E-state index is 8.84. The number of aliphatic hydroxyl groups excluding tert-OH is 1. The summed E-state index contributed by atoms with van der Waals surface area (Å²) in [5, 5.41) is 8.84. The summed E-state index contributed by atoms with van der Waals surface area (Å²) >= 11 is 0. The van der Waals surface area contributed by atoms with Crippen molar-refractivity contribution in [3.8, 4) is 12.3 Å². The predicted molar refractivity (Wildman–Crippen MR) is 40.6 cm³/mol. The molecule has 0 saturated heterocycles. The highest BCUT2D eigenvalue weighted by Crippen LogP contribution is 1.90. The summed E-state index contributed by atoms with van der Waals surface area (Å²) in [4.78, 5) is 0. The minimum Gasteiger partial charge on any atom is -0.381 e. The molecular weight excluding hydrogens is 128 g/mol. The zero-order valence-corrected chi connectivity index (χ0v) is 6.34. The highest BCUT2D eigenvalue weighted by Gasteiger charge is 1.96. The monoisotopic (exact) mass is 142 g/mol. The number of rotatable bonds is 5. The lowest BCUT2D eigenvalue weighted by Crippen LogP contribution is -2.07. The molecule has 0 aliphatic carbocycles. The van der Waals surface area contributed by atoms with Crippen LogP contribution in [0, 0.1) is 12.3 Å². The van der Waals surface area contributed by atoms with E-state index in [0.717, 1.165) is 13.0 Å². The van der Waals surface area contributed by atoms with Crippen molar-refractivity contribution in [1.82, 2.24) is 0 Å². The molecule has 2 heteroatoms. The second kappa shape index (κ2) is 6.60. The molecule has 0 rings (SSSR count). The number of hydrogen-bond donors (Lipinski definition) is 1. The lowest BCUT2D eigenvalue weighted by Gasteiger charge is -2.02. The first-order valence-corrected chi connectivity index (χ1v) is 3.53. The molecule has 1 N–H and O–H groups in total. The summed E-state index contributed by atoms with van der Waals surface area (Å²) in [6.45, 7) is 3.34. The Morgan fingerprint density at radius 2 is 2.30 bits per heavy atom.